The third kappa shape index (κ3) is 1.93. The van der Waals surface area contributed by atoms with E-state index >= 15 is 0 Å². The van der Waals surface area contributed by atoms with E-state index in [0.717, 1.165) is 27.3 Å². The van der Waals surface area contributed by atoms with Crippen molar-refractivity contribution >= 4 is 22.0 Å². The second-order valence-corrected chi connectivity index (χ2v) is 5.33. The highest BCUT2D eigenvalue weighted by molar-refractivity contribution is 7.84. The summed E-state index contributed by atoms with van der Waals surface area (Å²) in [6.07, 6.45) is 5.00. The van der Waals surface area contributed by atoms with Crippen LogP contribution < -0.4 is 0 Å². The van der Waals surface area contributed by atoms with Gasteiger partial charge in [0.1, 0.15) is 5.52 Å². The molecule has 3 rings (SSSR count). The maximum absolute atomic E-state index is 11.3. The Morgan fingerprint density at radius 2 is 1.83 bits per heavy atom. The van der Waals surface area contributed by atoms with E-state index in [0.29, 0.717) is 0 Å². The fourth-order valence-corrected chi connectivity index (χ4v) is 2.35. The van der Waals surface area contributed by atoms with Crippen LogP contribution in [0.2, 0.25) is 0 Å². The van der Waals surface area contributed by atoms with Crippen LogP contribution in [0.1, 0.15) is 0 Å². The first kappa shape index (κ1) is 11.1. The first-order chi connectivity index (χ1) is 8.74. The van der Waals surface area contributed by atoms with Crippen molar-refractivity contribution in [1.82, 2.24) is 15.0 Å². The smallest absolute Gasteiger partial charge is 0.156 e. The summed E-state index contributed by atoms with van der Waals surface area (Å²) in [6, 6.07) is 9.60. The molecular weight excluding hydrogens is 246 g/mol. The summed E-state index contributed by atoms with van der Waals surface area (Å²) >= 11 is 0. The van der Waals surface area contributed by atoms with E-state index in [-0.39, 0.29) is 0 Å². The highest BCUT2D eigenvalue weighted by atomic mass is 32.2. The molecule has 0 fully saturated rings. The van der Waals surface area contributed by atoms with Crippen molar-refractivity contribution in [3.63, 3.8) is 0 Å². The van der Waals surface area contributed by atoms with Crippen LogP contribution in [0.25, 0.3) is 22.4 Å². The zero-order valence-electron chi connectivity index (χ0n) is 9.75. The fourth-order valence-electron chi connectivity index (χ4n) is 1.83. The average molecular weight is 257 g/mol. The Kier molecular flexibility index (Phi) is 2.68. The molecule has 1 atom stereocenters. The summed E-state index contributed by atoms with van der Waals surface area (Å²) in [6.45, 7) is 0. The van der Waals surface area contributed by atoms with Crippen LogP contribution in [0, 0.1) is 0 Å². The molecule has 2 aromatic heterocycles. The number of fused-ring (bicyclic) bond motifs is 1. The number of rotatable bonds is 2. The molecule has 0 saturated carbocycles. The van der Waals surface area contributed by atoms with E-state index in [4.69, 9.17) is 0 Å². The van der Waals surface area contributed by atoms with Gasteiger partial charge in [-0.05, 0) is 23.8 Å². The van der Waals surface area contributed by atoms with E-state index in [9.17, 15) is 4.21 Å². The van der Waals surface area contributed by atoms with Gasteiger partial charge in [-0.2, -0.15) is 0 Å². The summed E-state index contributed by atoms with van der Waals surface area (Å²) < 4.78 is 11.3. The molecule has 1 unspecified atom stereocenters. The van der Waals surface area contributed by atoms with Crippen molar-refractivity contribution < 1.29 is 4.21 Å². The second kappa shape index (κ2) is 4.34. The van der Waals surface area contributed by atoms with Crippen molar-refractivity contribution in [2.45, 2.75) is 4.90 Å². The van der Waals surface area contributed by atoms with Gasteiger partial charge in [-0.1, -0.05) is 12.1 Å². The molecule has 4 nitrogen and oxygen atoms in total. The van der Waals surface area contributed by atoms with Crippen LogP contribution in [0.5, 0.6) is 0 Å². The molecule has 3 aromatic rings. The van der Waals surface area contributed by atoms with Gasteiger partial charge in [-0.25, -0.2) is 4.98 Å². The molecule has 5 heteroatoms. The Hall–Kier alpha value is -2.01. The van der Waals surface area contributed by atoms with Crippen LogP contribution in [-0.2, 0) is 10.8 Å². The lowest BCUT2D eigenvalue weighted by Gasteiger charge is -1.99. The molecule has 0 aliphatic carbocycles. The Morgan fingerprint density at radius 1 is 1.11 bits per heavy atom. The molecule has 18 heavy (non-hydrogen) atoms. The molecule has 2 heterocycles. The van der Waals surface area contributed by atoms with Crippen molar-refractivity contribution in [3.8, 4) is 11.3 Å². The highest BCUT2D eigenvalue weighted by Gasteiger charge is 2.05. The Labute approximate surface area is 107 Å². The topological polar surface area (TPSA) is 58.6 Å². The van der Waals surface area contributed by atoms with Gasteiger partial charge in [-0.3, -0.25) is 9.19 Å². The van der Waals surface area contributed by atoms with E-state index in [1.807, 2.05) is 30.3 Å². The molecule has 0 spiro atoms. The molecule has 0 radical (unpaired) electrons. The Morgan fingerprint density at radius 3 is 2.50 bits per heavy atom. The van der Waals surface area contributed by atoms with Crippen LogP contribution in [0.15, 0.2) is 47.6 Å². The number of hydrogen-bond acceptors (Lipinski definition) is 3. The zero-order valence-corrected chi connectivity index (χ0v) is 10.6. The van der Waals surface area contributed by atoms with E-state index in [1.54, 1.807) is 18.6 Å². The first-order valence-electron chi connectivity index (χ1n) is 5.47. The van der Waals surface area contributed by atoms with Gasteiger partial charge in [0.05, 0.1) is 0 Å². The lowest BCUT2D eigenvalue weighted by atomic mass is 10.2. The standard InChI is InChI=1S/C13H11N3OS/c1-18(17)10-4-2-9(3-5-10)11-8-12-13(16-11)15-7-6-14-12/h2-8H,1H3,(H,15,16). The van der Waals surface area contributed by atoms with Gasteiger partial charge in [0.15, 0.2) is 5.65 Å². The quantitative estimate of drug-likeness (QED) is 0.766. The summed E-state index contributed by atoms with van der Waals surface area (Å²) in [5.41, 5.74) is 3.61. The maximum Gasteiger partial charge on any atom is 0.156 e. The van der Waals surface area contributed by atoms with Crippen LogP contribution >= 0.6 is 0 Å². The molecule has 0 amide bonds. The SMILES string of the molecule is CS(=O)c1ccc(-c2cc3nccnc3[nH]2)cc1. The van der Waals surface area contributed by atoms with Gasteiger partial charge in [0.25, 0.3) is 0 Å². The summed E-state index contributed by atoms with van der Waals surface area (Å²) in [5, 5.41) is 0. The average Bonchev–Trinajstić information content (AvgIpc) is 2.82. The minimum atomic E-state index is -0.943. The molecule has 1 N–H and O–H groups in total. The first-order valence-corrected chi connectivity index (χ1v) is 7.03. The molecule has 0 bridgehead atoms. The number of aromatic nitrogens is 3. The fraction of sp³-hybridized carbons (Fsp3) is 0.0769. The molecule has 90 valence electrons. The molecule has 0 aliphatic heterocycles. The third-order valence-electron chi connectivity index (χ3n) is 2.76. The van der Waals surface area contributed by atoms with Crippen molar-refractivity contribution in [2.24, 2.45) is 0 Å². The number of nitrogens with one attached hydrogen (secondary N) is 1. The van der Waals surface area contributed by atoms with Gasteiger partial charge >= 0.3 is 0 Å². The monoisotopic (exact) mass is 257 g/mol. The maximum atomic E-state index is 11.3. The summed E-state index contributed by atoms with van der Waals surface area (Å²) in [7, 11) is -0.943. The number of nitrogens with zero attached hydrogens (tertiary/aromatic N) is 2. The lowest BCUT2D eigenvalue weighted by molar-refractivity contribution is 0.687. The largest absolute Gasteiger partial charge is 0.338 e. The van der Waals surface area contributed by atoms with Crippen LogP contribution in [-0.4, -0.2) is 25.4 Å². The summed E-state index contributed by atoms with van der Waals surface area (Å²) in [5.74, 6) is 0. The third-order valence-corrected chi connectivity index (χ3v) is 3.69. The Bertz CT molecular complexity index is 685. The van der Waals surface area contributed by atoms with Crippen LogP contribution in [0.3, 0.4) is 0 Å². The van der Waals surface area contributed by atoms with E-state index in [2.05, 4.69) is 15.0 Å². The van der Waals surface area contributed by atoms with Crippen LogP contribution in [0.4, 0.5) is 0 Å². The number of aromatic amines is 1. The predicted octanol–water partition coefficient (Wildman–Crippen LogP) is 2.36. The van der Waals surface area contributed by atoms with Gasteiger partial charge < -0.3 is 4.98 Å². The molecule has 1 aromatic carbocycles. The number of H-pyrrole nitrogens is 1. The van der Waals surface area contributed by atoms with Crippen molar-refractivity contribution in [3.05, 3.63) is 42.7 Å². The van der Waals surface area contributed by atoms with Gasteiger partial charge in [-0.15, -0.1) is 0 Å². The van der Waals surface area contributed by atoms with Crippen molar-refractivity contribution in [2.75, 3.05) is 6.26 Å². The molecule has 0 saturated heterocycles. The van der Waals surface area contributed by atoms with E-state index in [1.165, 1.54) is 0 Å². The highest BCUT2D eigenvalue weighted by Crippen LogP contribution is 2.22. The minimum absolute atomic E-state index is 0.774. The lowest BCUT2D eigenvalue weighted by Crippen LogP contribution is -1.86. The normalized spacial score (nSPS) is 12.7. The second-order valence-electron chi connectivity index (χ2n) is 3.95. The predicted molar refractivity (Wildman–Crippen MR) is 71.7 cm³/mol. The van der Waals surface area contributed by atoms with E-state index < -0.39 is 10.8 Å². The minimum Gasteiger partial charge on any atom is -0.338 e. The van der Waals surface area contributed by atoms with Crippen molar-refractivity contribution in [1.29, 1.82) is 0 Å². The van der Waals surface area contributed by atoms with Gasteiger partial charge in [0, 0.05) is 40.0 Å². The number of hydrogen-bond donors (Lipinski definition) is 1. The molecule has 0 aliphatic rings. The number of benzene rings is 1. The summed E-state index contributed by atoms with van der Waals surface area (Å²) in [4.78, 5) is 12.5. The van der Waals surface area contributed by atoms with Gasteiger partial charge in [0.2, 0.25) is 0 Å². The zero-order chi connectivity index (χ0) is 12.5. The Balaban J connectivity index is 2.06. The molecular formula is C13H11N3OS.